The second-order valence-electron chi connectivity index (χ2n) is 7.69. The van der Waals surface area contributed by atoms with E-state index in [2.05, 4.69) is 10.6 Å². The third-order valence-electron chi connectivity index (χ3n) is 5.16. The van der Waals surface area contributed by atoms with Gasteiger partial charge in [-0.3, -0.25) is 0 Å². The molecule has 0 saturated carbocycles. The number of amides is 2. The molecular weight excluding hydrogens is 464 g/mol. The first-order valence-corrected chi connectivity index (χ1v) is 12.1. The minimum atomic E-state index is -4.92. The number of rotatable bonds is 6. The summed E-state index contributed by atoms with van der Waals surface area (Å²) in [5.74, 6) is -1.53. The predicted octanol–water partition coefficient (Wildman–Crippen LogP) is 5.91. The number of nitrogens with one attached hydrogen (secondary N) is 2. The van der Waals surface area contributed by atoms with E-state index in [1.165, 1.54) is 12.1 Å². The maximum atomic E-state index is 13.5. The average Bonchev–Trinajstić information content (AvgIpc) is 2.75. The Balaban J connectivity index is 1.89. The summed E-state index contributed by atoms with van der Waals surface area (Å²) in [6, 6.07) is 5.54. The zero-order chi connectivity index (χ0) is 24.2. The molecule has 0 spiro atoms. The molecule has 180 valence electrons. The number of carbonyl (C=O) groups is 1. The highest BCUT2D eigenvalue weighted by molar-refractivity contribution is 7.91. The quantitative estimate of drug-likeness (QED) is 0.495. The number of ether oxygens (including phenoxy) is 1. The van der Waals surface area contributed by atoms with E-state index in [0.717, 1.165) is 18.9 Å². The first kappa shape index (κ1) is 25.0. The minimum absolute atomic E-state index is 0.0142. The molecule has 1 fully saturated rings. The van der Waals surface area contributed by atoms with Crippen molar-refractivity contribution >= 4 is 27.2 Å². The Kier molecular flexibility index (Phi) is 7.63. The van der Waals surface area contributed by atoms with Crippen LogP contribution < -0.4 is 10.6 Å². The van der Waals surface area contributed by atoms with Crippen LogP contribution in [0.5, 0.6) is 0 Å². The van der Waals surface area contributed by atoms with Crippen molar-refractivity contribution < 1.29 is 35.5 Å². The van der Waals surface area contributed by atoms with E-state index in [-0.39, 0.29) is 28.1 Å². The first-order valence-electron chi connectivity index (χ1n) is 10.4. The van der Waals surface area contributed by atoms with Crippen LogP contribution in [-0.2, 0) is 20.8 Å². The summed E-state index contributed by atoms with van der Waals surface area (Å²) in [6.45, 7) is 2.24. The van der Waals surface area contributed by atoms with Gasteiger partial charge in [-0.25, -0.2) is 17.6 Å². The van der Waals surface area contributed by atoms with Gasteiger partial charge in [0.2, 0.25) is 0 Å². The summed E-state index contributed by atoms with van der Waals surface area (Å²) in [5, 5.41) is 4.75. The van der Waals surface area contributed by atoms with Gasteiger partial charge in [0.1, 0.15) is 5.82 Å². The highest BCUT2D eigenvalue weighted by Crippen LogP contribution is 2.35. The van der Waals surface area contributed by atoms with Crippen molar-refractivity contribution in [2.75, 3.05) is 23.0 Å². The molecule has 2 aromatic carbocycles. The number of hydrogen-bond acceptors (Lipinski definition) is 4. The van der Waals surface area contributed by atoms with E-state index in [1.54, 1.807) is 13.0 Å². The normalized spacial score (nSPS) is 16.9. The number of halogens is 4. The highest BCUT2D eigenvalue weighted by Gasteiger charge is 2.34. The molecule has 1 aliphatic rings. The molecule has 1 saturated heterocycles. The van der Waals surface area contributed by atoms with E-state index in [4.69, 9.17) is 4.74 Å². The lowest BCUT2D eigenvalue weighted by molar-refractivity contribution is -0.139. The summed E-state index contributed by atoms with van der Waals surface area (Å²) in [5.41, 5.74) is -1.04. The van der Waals surface area contributed by atoms with Gasteiger partial charge in [-0.05, 0) is 56.0 Å². The summed E-state index contributed by atoms with van der Waals surface area (Å²) in [6.07, 6.45) is -2.43. The third kappa shape index (κ3) is 6.23. The lowest BCUT2D eigenvalue weighted by Crippen LogP contribution is -2.22. The van der Waals surface area contributed by atoms with Gasteiger partial charge in [0.05, 0.1) is 22.3 Å². The molecular formula is C22H24F4N2O4S. The maximum absolute atomic E-state index is 13.5. The van der Waals surface area contributed by atoms with Gasteiger partial charge in [0.25, 0.3) is 0 Å². The fourth-order valence-corrected chi connectivity index (χ4v) is 4.94. The number of anilines is 2. The van der Waals surface area contributed by atoms with Gasteiger partial charge < -0.3 is 15.4 Å². The number of sulfone groups is 1. The zero-order valence-corrected chi connectivity index (χ0v) is 18.7. The van der Waals surface area contributed by atoms with Crippen molar-refractivity contribution in [3.8, 4) is 0 Å². The summed E-state index contributed by atoms with van der Waals surface area (Å²) in [7, 11) is -3.58. The summed E-state index contributed by atoms with van der Waals surface area (Å²) in [4.78, 5) is 12.6. The molecule has 33 heavy (non-hydrogen) atoms. The fraction of sp³-hybridized carbons (Fsp3) is 0.409. The monoisotopic (exact) mass is 488 g/mol. The van der Waals surface area contributed by atoms with Crippen LogP contribution in [0.1, 0.15) is 49.8 Å². The average molecular weight is 489 g/mol. The van der Waals surface area contributed by atoms with Gasteiger partial charge in [0.15, 0.2) is 9.84 Å². The van der Waals surface area contributed by atoms with Gasteiger partial charge in [0, 0.05) is 23.5 Å². The molecule has 2 amide bonds. The second-order valence-corrected chi connectivity index (χ2v) is 9.80. The van der Waals surface area contributed by atoms with Crippen molar-refractivity contribution in [2.45, 2.75) is 49.8 Å². The Labute approximate surface area is 189 Å². The number of hydrogen-bond donors (Lipinski definition) is 2. The first-order chi connectivity index (χ1) is 15.5. The number of alkyl halides is 3. The zero-order valence-electron chi connectivity index (χ0n) is 17.8. The molecule has 3 rings (SSSR count). The second kappa shape index (κ2) is 10.1. The fourth-order valence-electron chi connectivity index (χ4n) is 3.60. The van der Waals surface area contributed by atoms with E-state index in [0.29, 0.717) is 37.1 Å². The molecule has 1 unspecified atom stereocenters. The lowest BCUT2D eigenvalue weighted by atomic mass is 10.00. The van der Waals surface area contributed by atoms with Crippen LogP contribution in [0.3, 0.4) is 0 Å². The molecule has 11 heteroatoms. The molecule has 0 radical (unpaired) electrons. The van der Waals surface area contributed by atoms with Crippen LogP contribution in [0.2, 0.25) is 0 Å². The lowest BCUT2D eigenvalue weighted by Gasteiger charge is -2.25. The van der Waals surface area contributed by atoms with Gasteiger partial charge in [-0.2, -0.15) is 13.2 Å². The molecule has 1 aliphatic heterocycles. The van der Waals surface area contributed by atoms with Crippen LogP contribution in [0.25, 0.3) is 0 Å². The SMILES string of the molecule is CCCS(=O)(=O)c1ccc(C2CCCCO2)c(NC(=O)Nc2ccc(F)c(C(F)(F)F)c2)c1. The highest BCUT2D eigenvalue weighted by atomic mass is 32.2. The smallest absolute Gasteiger partial charge is 0.373 e. The molecule has 0 aromatic heterocycles. The molecule has 2 N–H and O–H groups in total. The summed E-state index contributed by atoms with van der Waals surface area (Å²) < 4.78 is 83.1. The Morgan fingerprint density at radius 1 is 1.12 bits per heavy atom. The Morgan fingerprint density at radius 3 is 2.52 bits per heavy atom. The Hall–Kier alpha value is -2.66. The van der Waals surface area contributed by atoms with Crippen molar-refractivity contribution in [2.24, 2.45) is 0 Å². The number of urea groups is 1. The van der Waals surface area contributed by atoms with Crippen LogP contribution >= 0.6 is 0 Å². The molecule has 0 aliphatic carbocycles. The predicted molar refractivity (Wildman–Crippen MR) is 115 cm³/mol. The Bertz CT molecular complexity index is 1110. The minimum Gasteiger partial charge on any atom is -0.373 e. The largest absolute Gasteiger partial charge is 0.419 e. The van der Waals surface area contributed by atoms with E-state index >= 15 is 0 Å². The number of benzene rings is 2. The van der Waals surface area contributed by atoms with Crippen molar-refractivity contribution in [3.05, 3.63) is 53.3 Å². The molecule has 6 nitrogen and oxygen atoms in total. The molecule has 2 aromatic rings. The standard InChI is InChI=1S/C22H24F4N2O4S/c1-2-11-33(30,31)15-7-8-16(20-5-3-4-10-32-20)19(13-15)28-21(29)27-14-6-9-18(23)17(12-14)22(24,25)26/h6-9,12-13,20H,2-5,10-11H2,1H3,(H2,27,28,29). The Morgan fingerprint density at radius 2 is 1.88 bits per heavy atom. The van der Waals surface area contributed by atoms with Crippen LogP contribution in [-0.4, -0.2) is 26.8 Å². The topological polar surface area (TPSA) is 84.5 Å². The van der Waals surface area contributed by atoms with Crippen LogP contribution in [0.4, 0.5) is 33.7 Å². The van der Waals surface area contributed by atoms with Crippen LogP contribution in [0, 0.1) is 5.82 Å². The van der Waals surface area contributed by atoms with Crippen molar-refractivity contribution in [1.82, 2.24) is 0 Å². The van der Waals surface area contributed by atoms with Gasteiger partial charge in [-0.15, -0.1) is 0 Å². The van der Waals surface area contributed by atoms with Crippen molar-refractivity contribution in [3.63, 3.8) is 0 Å². The maximum Gasteiger partial charge on any atom is 0.419 e. The molecule has 1 heterocycles. The number of carbonyl (C=O) groups excluding carboxylic acids is 1. The van der Waals surface area contributed by atoms with E-state index in [9.17, 15) is 30.8 Å². The van der Waals surface area contributed by atoms with Crippen molar-refractivity contribution in [1.29, 1.82) is 0 Å². The van der Waals surface area contributed by atoms with E-state index < -0.39 is 33.4 Å². The van der Waals surface area contributed by atoms with E-state index in [1.807, 2.05) is 0 Å². The third-order valence-corrected chi connectivity index (χ3v) is 7.08. The molecule has 0 bridgehead atoms. The van der Waals surface area contributed by atoms with Crippen LogP contribution in [0.15, 0.2) is 41.3 Å². The molecule has 1 atom stereocenters. The van der Waals surface area contributed by atoms with Gasteiger partial charge >= 0.3 is 12.2 Å². The summed E-state index contributed by atoms with van der Waals surface area (Å²) >= 11 is 0. The van der Waals surface area contributed by atoms with Gasteiger partial charge in [-0.1, -0.05) is 13.0 Å².